The van der Waals surface area contributed by atoms with Crippen LogP contribution in [0.25, 0.3) is 10.9 Å². The molecule has 1 fully saturated rings. The second-order valence-corrected chi connectivity index (χ2v) is 13.5. The molecule has 0 aliphatic carbocycles. The van der Waals surface area contributed by atoms with Gasteiger partial charge in [0.2, 0.25) is 5.91 Å². The van der Waals surface area contributed by atoms with E-state index < -0.39 is 36.1 Å². The van der Waals surface area contributed by atoms with Gasteiger partial charge in [-0.2, -0.15) is 13.7 Å². The lowest BCUT2D eigenvalue weighted by Gasteiger charge is -2.17. The molecule has 188 valence electrons. The third-order valence-corrected chi connectivity index (χ3v) is 10.8. The van der Waals surface area contributed by atoms with E-state index in [0.717, 1.165) is 0 Å². The molecule has 2 aromatic carbocycles. The number of nitriles is 1. The lowest BCUT2D eigenvalue weighted by Crippen LogP contribution is -2.25. The van der Waals surface area contributed by atoms with Gasteiger partial charge >= 0.3 is 8.87 Å². The van der Waals surface area contributed by atoms with E-state index in [9.17, 15) is 27.4 Å². The number of hydrogen-bond donors (Lipinski definition) is 2. The lowest BCUT2D eigenvalue weighted by atomic mass is 10.1. The van der Waals surface area contributed by atoms with Gasteiger partial charge in [0.05, 0.1) is 50.7 Å². The molecule has 0 spiro atoms. The van der Waals surface area contributed by atoms with Crippen LogP contribution >= 0.6 is 11.6 Å². The largest absolute Gasteiger partial charge is 0.601 e. The molecule has 0 radical (unpaired) electrons. The van der Waals surface area contributed by atoms with E-state index in [-0.39, 0.29) is 41.5 Å². The van der Waals surface area contributed by atoms with Crippen molar-refractivity contribution in [2.45, 2.75) is 25.0 Å². The average Bonchev–Trinajstić information content (AvgIpc) is 3.09. The first kappa shape index (κ1) is 26.0. The Bertz CT molecular complexity index is 1500. The molecular formula is C23H20ClFN4O5S2. The summed E-state index contributed by atoms with van der Waals surface area (Å²) in [5.74, 6) is -1.03. The molecule has 3 aromatic rings. The normalized spacial score (nSPS) is 18.5. The van der Waals surface area contributed by atoms with Crippen LogP contribution < -0.4 is 15.4 Å². The molecule has 2 N–H and O–H groups in total. The van der Waals surface area contributed by atoms with Crippen molar-refractivity contribution in [3.05, 3.63) is 52.9 Å². The summed E-state index contributed by atoms with van der Waals surface area (Å²) in [5, 5.41) is 15.0. The highest BCUT2D eigenvalue weighted by molar-refractivity contribution is 8.67. The first-order chi connectivity index (χ1) is 17.1. The van der Waals surface area contributed by atoms with Crippen LogP contribution in [0.4, 0.5) is 21.5 Å². The van der Waals surface area contributed by atoms with E-state index in [2.05, 4.69) is 21.7 Å². The van der Waals surface area contributed by atoms with Crippen LogP contribution in [0.3, 0.4) is 0 Å². The molecule has 0 bridgehead atoms. The maximum Gasteiger partial charge on any atom is 0.313 e. The molecule has 9 nitrogen and oxygen atoms in total. The standard InChI is InChI=1S/C23H20ClFN4O5S2/c1-2-34-21-10-19-16(9-20(21)29-22(30)8-15-5-6-36(32,33)35(15)31)23(13(11-26)12-27-19)28-14-3-4-18(25)17(24)7-14/h3-4,7,9-10,12,15H,2,5-6,8H2,1H3,(H,27,28)(H,29,30). The molecule has 1 saturated heterocycles. The molecular weight excluding hydrogens is 531 g/mol. The van der Waals surface area contributed by atoms with E-state index >= 15 is 0 Å². The predicted octanol–water partition coefficient (Wildman–Crippen LogP) is 4.22. The number of rotatable bonds is 7. The number of amides is 1. The summed E-state index contributed by atoms with van der Waals surface area (Å²) in [7, 11) is -5.83. The smallest absolute Gasteiger partial charge is 0.313 e. The van der Waals surface area contributed by atoms with E-state index in [4.69, 9.17) is 16.3 Å². The Hall–Kier alpha value is -3.11. The quantitative estimate of drug-likeness (QED) is 0.328. The number of halogens is 2. The molecule has 0 saturated carbocycles. The number of hydrogen-bond acceptors (Lipinski definition) is 8. The number of fused-ring (bicyclic) bond motifs is 1. The summed E-state index contributed by atoms with van der Waals surface area (Å²) in [6.07, 6.45) is 1.27. The minimum atomic E-state index is -3.70. The molecule has 2 heterocycles. The molecule has 1 aliphatic heterocycles. The van der Waals surface area contributed by atoms with Gasteiger partial charge in [-0.1, -0.05) is 11.6 Å². The van der Waals surface area contributed by atoms with Crippen LogP contribution in [0.5, 0.6) is 5.75 Å². The van der Waals surface area contributed by atoms with Crippen molar-refractivity contribution in [1.29, 1.82) is 5.26 Å². The number of pyridine rings is 1. The fourth-order valence-corrected chi connectivity index (χ4v) is 8.37. The molecule has 2 unspecified atom stereocenters. The minimum Gasteiger partial charge on any atom is -0.601 e. The topological polar surface area (TPSA) is 144 Å². The summed E-state index contributed by atoms with van der Waals surface area (Å²) in [4.78, 5) is 17.1. The van der Waals surface area contributed by atoms with Crippen molar-refractivity contribution >= 4 is 64.6 Å². The summed E-state index contributed by atoms with van der Waals surface area (Å²) >= 11 is 5.89. The maximum absolute atomic E-state index is 13.6. The van der Waals surface area contributed by atoms with Gasteiger partial charge in [0.15, 0.2) is 0 Å². The van der Waals surface area contributed by atoms with E-state index in [0.29, 0.717) is 28.0 Å². The van der Waals surface area contributed by atoms with Gasteiger partial charge in [-0.25, -0.2) is 4.39 Å². The lowest BCUT2D eigenvalue weighted by molar-refractivity contribution is -0.116. The molecule has 2 atom stereocenters. The number of nitrogens with zero attached hydrogens (tertiary/aromatic N) is 2. The molecule has 1 amide bonds. The molecule has 1 aromatic heterocycles. The van der Waals surface area contributed by atoms with Crippen LogP contribution in [0, 0.1) is 17.1 Å². The number of carbonyl (C=O) groups is 1. The Kier molecular flexibility index (Phi) is 7.56. The number of benzene rings is 2. The van der Waals surface area contributed by atoms with Gasteiger partial charge in [-0.3, -0.25) is 9.78 Å². The van der Waals surface area contributed by atoms with Gasteiger partial charge in [0, 0.05) is 29.8 Å². The highest BCUT2D eigenvalue weighted by atomic mass is 35.5. The van der Waals surface area contributed by atoms with Crippen molar-refractivity contribution < 1.29 is 26.9 Å². The average molecular weight is 551 g/mol. The summed E-state index contributed by atoms with van der Waals surface area (Å²) in [6, 6.07) is 9.24. The predicted molar refractivity (Wildman–Crippen MR) is 136 cm³/mol. The Morgan fingerprint density at radius 1 is 1.39 bits per heavy atom. The summed E-state index contributed by atoms with van der Waals surface area (Å²) in [5.41, 5.74) is 1.68. The number of carbonyl (C=O) groups excluding carboxylic acids is 1. The second kappa shape index (κ2) is 10.5. The van der Waals surface area contributed by atoms with Gasteiger partial charge in [-0.15, -0.1) is 0 Å². The van der Waals surface area contributed by atoms with Gasteiger partial charge < -0.3 is 19.9 Å². The third-order valence-electron chi connectivity index (χ3n) is 5.48. The monoisotopic (exact) mass is 550 g/mol. The Balaban J connectivity index is 1.72. The Labute approximate surface area is 214 Å². The van der Waals surface area contributed by atoms with Gasteiger partial charge in [0.25, 0.3) is 0 Å². The van der Waals surface area contributed by atoms with Crippen LogP contribution in [0.15, 0.2) is 36.5 Å². The van der Waals surface area contributed by atoms with Crippen LogP contribution in [0.1, 0.15) is 25.3 Å². The van der Waals surface area contributed by atoms with Crippen LogP contribution in [0.2, 0.25) is 5.02 Å². The summed E-state index contributed by atoms with van der Waals surface area (Å²) < 4.78 is 54.9. The number of ether oxygens (including phenoxy) is 1. The van der Waals surface area contributed by atoms with Crippen molar-refractivity contribution in [2.75, 3.05) is 23.0 Å². The van der Waals surface area contributed by atoms with Crippen LogP contribution in [-0.4, -0.2) is 41.5 Å². The highest BCUT2D eigenvalue weighted by Crippen LogP contribution is 2.37. The second-order valence-electron chi connectivity index (χ2n) is 7.90. The van der Waals surface area contributed by atoms with E-state index in [1.54, 1.807) is 19.1 Å². The zero-order valence-electron chi connectivity index (χ0n) is 18.9. The number of anilines is 3. The molecule has 36 heavy (non-hydrogen) atoms. The van der Waals surface area contributed by atoms with Gasteiger partial charge in [-0.05, 0) is 31.2 Å². The van der Waals surface area contributed by atoms with Crippen molar-refractivity contribution in [1.82, 2.24) is 4.98 Å². The first-order valence-corrected chi connectivity index (χ1v) is 14.5. The SMILES string of the molecule is CCOc1cc2ncc(C#N)c(Nc3ccc(F)c(Cl)c3)c2cc1NC(=O)CC1CCS(=O)(=O)[S+]1[O-]. The van der Waals surface area contributed by atoms with E-state index in [1.807, 2.05) is 0 Å². The molecule has 1 aliphatic rings. The Morgan fingerprint density at radius 3 is 2.81 bits per heavy atom. The fraction of sp³-hybridized carbons (Fsp3) is 0.261. The molecule has 4 rings (SSSR count). The third kappa shape index (κ3) is 5.34. The first-order valence-electron chi connectivity index (χ1n) is 10.8. The van der Waals surface area contributed by atoms with Gasteiger partial charge in [0.1, 0.15) is 28.6 Å². The van der Waals surface area contributed by atoms with Crippen molar-refractivity contribution in [3.8, 4) is 11.8 Å². The fourth-order valence-electron chi connectivity index (χ4n) is 3.77. The van der Waals surface area contributed by atoms with Crippen molar-refractivity contribution in [3.63, 3.8) is 0 Å². The molecule has 13 heteroatoms. The zero-order valence-corrected chi connectivity index (χ0v) is 21.3. The van der Waals surface area contributed by atoms with Crippen molar-refractivity contribution in [2.24, 2.45) is 0 Å². The minimum absolute atomic E-state index is 0.102. The number of nitrogens with one attached hydrogen (secondary N) is 2. The Morgan fingerprint density at radius 2 is 2.17 bits per heavy atom. The van der Waals surface area contributed by atoms with Crippen LogP contribution in [-0.2, 0) is 23.9 Å². The number of aromatic nitrogens is 1. The van der Waals surface area contributed by atoms with E-state index in [1.165, 1.54) is 24.4 Å². The maximum atomic E-state index is 13.6. The highest BCUT2D eigenvalue weighted by Gasteiger charge is 2.44. The summed E-state index contributed by atoms with van der Waals surface area (Å²) in [6.45, 7) is 2.05. The zero-order chi connectivity index (χ0) is 26.0.